The van der Waals surface area contributed by atoms with Gasteiger partial charge in [-0.15, -0.1) is 0 Å². The summed E-state index contributed by atoms with van der Waals surface area (Å²) in [5, 5.41) is 0. The Kier molecular flexibility index (Phi) is 3.49. The highest BCUT2D eigenvalue weighted by atomic mass is 16.5. The summed E-state index contributed by atoms with van der Waals surface area (Å²) in [6, 6.07) is 16.8. The first-order valence-corrected chi connectivity index (χ1v) is 7.18. The van der Waals surface area contributed by atoms with Crippen molar-refractivity contribution in [2.45, 2.75) is 19.8 Å². The smallest absolute Gasteiger partial charge is 0.122 e. The largest absolute Gasteiger partial charge is 0.493 e. The van der Waals surface area contributed by atoms with Gasteiger partial charge in [-0.3, -0.25) is 0 Å². The van der Waals surface area contributed by atoms with E-state index < -0.39 is 0 Å². The van der Waals surface area contributed by atoms with Gasteiger partial charge in [-0.2, -0.15) is 0 Å². The molecule has 1 aliphatic rings. The molecule has 2 heteroatoms. The summed E-state index contributed by atoms with van der Waals surface area (Å²) >= 11 is 0. The van der Waals surface area contributed by atoms with E-state index in [0.717, 1.165) is 18.6 Å². The molecule has 1 aliphatic heterocycles. The zero-order valence-corrected chi connectivity index (χ0v) is 11.9. The molecule has 1 unspecified atom stereocenters. The summed E-state index contributed by atoms with van der Waals surface area (Å²) in [6.07, 6.45) is 1.97. The molecule has 3 rings (SSSR count). The van der Waals surface area contributed by atoms with E-state index in [2.05, 4.69) is 43.3 Å². The van der Waals surface area contributed by atoms with E-state index in [-0.39, 0.29) is 5.41 Å². The van der Waals surface area contributed by atoms with Crippen LogP contribution in [-0.2, 0) is 12.8 Å². The Morgan fingerprint density at radius 1 is 1.10 bits per heavy atom. The maximum absolute atomic E-state index is 6.11. The third kappa shape index (κ3) is 2.44. The fraction of sp³-hybridized carbons (Fsp3) is 0.333. The van der Waals surface area contributed by atoms with E-state index in [1.54, 1.807) is 0 Å². The predicted octanol–water partition coefficient (Wildman–Crippen LogP) is 3.12. The van der Waals surface area contributed by atoms with Gasteiger partial charge in [-0.25, -0.2) is 0 Å². The van der Waals surface area contributed by atoms with Crippen molar-refractivity contribution >= 4 is 0 Å². The molecule has 0 amide bonds. The first kappa shape index (κ1) is 13.2. The van der Waals surface area contributed by atoms with Crippen molar-refractivity contribution in [3.63, 3.8) is 0 Å². The van der Waals surface area contributed by atoms with E-state index in [9.17, 15) is 0 Å². The standard InChI is InChI=1S/C18H21NO/c1-14-6-2-3-7-15(14)10-18(12-19)11-16-8-4-5-9-17(16)20-13-18/h2-9H,10-13,19H2,1H3. The van der Waals surface area contributed by atoms with Crippen LogP contribution in [0.5, 0.6) is 5.75 Å². The third-order valence-electron chi connectivity index (χ3n) is 4.33. The molecule has 0 aromatic heterocycles. The van der Waals surface area contributed by atoms with Gasteiger partial charge in [0.15, 0.2) is 0 Å². The minimum absolute atomic E-state index is 0.0144. The Labute approximate surface area is 120 Å². The topological polar surface area (TPSA) is 35.2 Å². The Hall–Kier alpha value is -1.80. The summed E-state index contributed by atoms with van der Waals surface area (Å²) < 4.78 is 5.96. The number of aryl methyl sites for hydroxylation is 1. The van der Waals surface area contributed by atoms with Gasteiger partial charge in [-0.05, 0) is 42.5 Å². The fourth-order valence-electron chi connectivity index (χ4n) is 3.01. The molecule has 0 radical (unpaired) electrons. The van der Waals surface area contributed by atoms with Crippen LogP contribution in [0.25, 0.3) is 0 Å². The molecule has 0 spiro atoms. The Morgan fingerprint density at radius 2 is 1.85 bits per heavy atom. The number of fused-ring (bicyclic) bond motifs is 1. The number of nitrogens with two attached hydrogens (primary N) is 1. The molecular weight excluding hydrogens is 246 g/mol. The Morgan fingerprint density at radius 3 is 2.65 bits per heavy atom. The number of benzene rings is 2. The average Bonchev–Trinajstić information content (AvgIpc) is 2.49. The molecule has 0 fully saturated rings. The van der Waals surface area contributed by atoms with Gasteiger partial charge < -0.3 is 10.5 Å². The monoisotopic (exact) mass is 267 g/mol. The van der Waals surface area contributed by atoms with Crippen molar-refractivity contribution in [3.8, 4) is 5.75 Å². The van der Waals surface area contributed by atoms with Gasteiger partial charge in [0.2, 0.25) is 0 Å². The molecule has 0 aliphatic carbocycles. The summed E-state index contributed by atoms with van der Waals surface area (Å²) in [6.45, 7) is 3.52. The van der Waals surface area contributed by atoms with Crippen LogP contribution in [-0.4, -0.2) is 13.2 Å². The van der Waals surface area contributed by atoms with Gasteiger partial charge in [0.05, 0.1) is 6.61 Å². The fourth-order valence-corrected chi connectivity index (χ4v) is 3.01. The second-order valence-corrected chi connectivity index (χ2v) is 5.88. The van der Waals surface area contributed by atoms with E-state index in [1.807, 2.05) is 12.1 Å². The summed E-state index contributed by atoms with van der Waals surface area (Å²) in [5.74, 6) is 1.02. The predicted molar refractivity (Wildman–Crippen MR) is 82.0 cm³/mol. The van der Waals surface area contributed by atoms with Crippen LogP contribution < -0.4 is 10.5 Å². The van der Waals surface area contributed by atoms with Crippen molar-refractivity contribution in [2.75, 3.05) is 13.2 Å². The third-order valence-corrected chi connectivity index (χ3v) is 4.33. The molecule has 0 saturated heterocycles. The highest BCUT2D eigenvalue weighted by molar-refractivity contribution is 5.37. The highest BCUT2D eigenvalue weighted by Crippen LogP contribution is 2.36. The molecule has 2 aromatic carbocycles. The van der Waals surface area contributed by atoms with Crippen molar-refractivity contribution in [3.05, 3.63) is 65.2 Å². The SMILES string of the molecule is Cc1ccccc1CC1(CN)COc2ccccc2C1. The van der Waals surface area contributed by atoms with E-state index in [4.69, 9.17) is 10.5 Å². The van der Waals surface area contributed by atoms with Gasteiger partial charge >= 0.3 is 0 Å². The van der Waals surface area contributed by atoms with Crippen LogP contribution >= 0.6 is 0 Å². The first-order valence-electron chi connectivity index (χ1n) is 7.18. The molecule has 2 N–H and O–H groups in total. The normalized spacial score (nSPS) is 21.1. The summed E-state index contributed by atoms with van der Waals surface area (Å²) in [5.41, 5.74) is 10.1. The molecule has 0 bridgehead atoms. The lowest BCUT2D eigenvalue weighted by atomic mass is 9.75. The van der Waals surface area contributed by atoms with Crippen molar-refractivity contribution in [2.24, 2.45) is 11.1 Å². The number of ether oxygens (including phenoxy) is 1. The zero-order valence-electron chi connectivity index (χ0n) is 11.9. The van der Waals surface area contributed by atoms with E-state index >= 15 is 0 Å². The van der Waals surface area contributed by atoms with E-state index in [1.165, 1.54) is 16.7 Å². The number of para-hydroxylation sites is 1. The lowest BCUT2D eigenvalue weighted by Gasteiger charge is -2.37. The maximum atomic E-state index is 6.11. The Balaban J connectivity index is 1.89. The molecule has 1 heterocycles. The number of rotatable bonds is 3. The van der Waals surface area contributed by atoms with Gasteiger partial charge in [0.25, 0.3) is 0 Å². The molecule has 1 atom stereocenters. The van der Waals surface area contributed by atoms with Crippen LogP contribution in [0.15, 0.2) is 48.5 Å². The van der Waals surface area contributed by atoms with Gasteiger partial charge in [0, 0.05) is 12.0 Å². The lowest BCUT2D eigenvalue weighted by molar-refractivity contribution is 0.126. The molecule has 2 aromatic rings. The minimum Gasteiger partial charge on any atom is -0.493 e. The van der Waals surface area contributed by atoms with Crippen LogP contribution in [0.1, 0.15) is 16.7 Å². The van der Waals surface area contributed by atoms with Gasteiger partial charge in [0.1, 0.15) is 5.75 Å². The number of hydrogen-bond donors (Lipinski definition) is 1. The molecule has 2 nitrogen and oxygen atoms in total. The Bertz CT molecular complexity index is 608. The molecule has 20 heavy (non-hydrogen) atoms. The second kappa shape index (κ2) is 5.29. The molecule has 104 valence electrons. The number of hydrogen-bond acceptors (Lipinski definition) is 2. The van der Waals surface area contributed by atoms with Gasteiger partial charge in [-0.1, -0.05) is 42.5 Å². The average molecular weight is 267 g/mol. The second-order valence-electron chi connectivity index (χ2n) is 5.88. The van der Waals surface area contributed by atoms with Crippen LogP contribution in [0.4, 0.5) is 0 Å². The lowest BCUT2D eigenvalue weighted by Crippen LogP contribution is -2.43. The quantitative estimate of drug-likeness (QED) is 0.927. The van der Waals surface area contributed by atoms with Crippen molar-refractivity contribution in [1.82, 2.24) is 0 Å². The van der Waals surface area contributed by atoms with Crippen LogP contribution in [0.2, 0.25) is 0 Å². The highest BCUT2D eigenvalue weighted by Gasteiger charge is 2.35. The summed E-state index contributed by atoms with van der Waals surface area (Å²) in [7, 11) is 0. The minimum atomic E-state index is 0.0144. The van der Waals surface area contributed by atoms with Crippen molar-refractivity contribution in [1.29, 1.82) is 0 Å². The van der Waals surface area contributed by atoms with E-state index in [0.29, 0.717) is 13.2 Å². The molecular formula is C18H21NO. The first-order chi connectivity index (χ1) is 9.72. The zero-order chi connectivity index (χ0) is 14.0. The summed E-state index contributed by atoms with van der Waals surface area (Å²) in [4.78, 5) is 0. The molecule has 0 saturated carbocycles. The maximum Gasteiger partial charge on any atom is 0.122 e. The van der Waals surface area contributed by atoms with Crippen LogP contribution in [0.3, 0.4) is 0 Å². The van der Waals surface area contributed by atoms with Crippen molar-refractivity contribution < 1.29 is 4.74 Å². The van der Waals surface area contributed by atoms with Crippen LogP contribution in [0, 0.1) is 12.3 Å².